The van der Waals surface area contributed by atoms with E-state index in [1.165, 1.54) is 29.5 Å². The number of carbonyl (C=O) groups excluding carboxylic acids is 1. The number of benzene rings is 1. The van der Waals surface area contributed by atoms with Crippen molar-refractivity contribution in [2.24, 2.45) is 0 Å². The van der Waals surface area contributed by atoms with Gasteiger partial charge in [-0.2, -0.15) is 5.10 Å². The van der Waals surface area contributed by atoms with Crippen molar-refractivity contribution in [1.29, 1.82) is 0 Å². The Morgan fingerprint density at radius 1 is 1.32 bits per heavy atom. The molecule has 0 saturated heterocycles. The minimum atomic E-state index is -0.613. The SMILES string of the molecule is O=C(Nc1cccnc1-n1cncn1)c1ccc(Br)cc1F. The normalized spacial score (nSPS) is 10.5. The van der Waals surface area contributed by atoms with Crippen LogP contribution < -0.4 is 5.32 Å². The monoisotopic (exact) mass is 361 g/mol. The van der Waals surface area contributed by atoms with Crippen molar-refractivity contribution in [1.82, 2.24) is 19.7 Å². The van der Waals surface area contributed by atoms with E-state index in [0.717, 1.165) is 0 Å². The second-order valence-corrected chi connectivity index (χ2v) is 5.21. The molecule has 0 unspecified atom stereocenters. The number of pyridine rings is 1. The van der Waals surface area contributed by atoms with Gasteiger partial charge in [-0.1, -0.05) is 15.9 Å². The Bertz CT molecular complexity index is 822. The second-order valence-electron chi connectivity index (χ2n) is 4.29. The Morgan fingerprint density at radius 3 is 2.91 bits per heavy atom. The Labute approximate surface area is 133 Å². The third kappa shape index (κ3) is 2.86. The predicted octanol–water partition coefficient (Wildman–Crippen LogP) is 2.82. The van der Waals surface area contributed by atoms with Crippen molar-refractivity contribution < 1.29 is 9.18 Å². The number of nitrogens with one attached hydrogen (secondary N) is 1. The van der Waals surface area contributed by atoms with Gasteiger partial charge in [0.25, 0.3) is 5.91 Å². The fourth-order valence-corrected chi connectivity index (χ4v) is 2.19. The smallest absolute Gasteiger partial charge is 0.258 e. The quantitative estimate of drug-likeness (QED) is 0.778. The number of halogens is 2. The minimum Gasteiger partial charge on any atom is -0.319 e. The van der Waals surface area contributed by atoms with Crippen LogP contribution in [0.5, 0.6) is 0 Å². The summed E-state index contributed by atoms with van der Waals surface area (Å²) >= 11 is 3.15. The van der Waals surface area contributed by atoms with Crippen LogP contribution in [0.4, 0.5) is 10.1 Å². The van der Waals surface area contributed by atoms with E-state index in [2.05, 4.69) is 36.3 Å². The molecule has 0 atom stereocenters. The summed E-state index contributed by atoms with van der Waals surface area (Å²) in [5, 5.41) is 6.60. The molecule has 0 aliphatic rings. The van der Waals surface area contributed by atoms with Crippen LogP contribution in [0.15, 0.2) is 53.7 Å². The Morgan fingerprint density at radius 2 is 2.18 bits per heavy atom. The van der Waals surface area contributed by atoms with E-state index >= 15 is 0 Å². The predicted molar refractivity (Wildman–Crippen MR) is 81.2 cm³/mol. The number of rotatable bonds is 3. The summed E-state index contributed by atoms with van der Waals surface area (Å²) in [4.78, 5) is 20.2. The van der Waals surface area contributed by atoms with Gasteiger partial charge in [-0.05, 0) is 30.3 Å². The highest BCUT2D eigenvalue weighted by Crippen LogP contribution is 2.19. The molecular weight excluding hydrogens is 353 g/mol. The standard InChI is InChI=1S/C14H9BrFN5O/c15-9-3-4-10(11(16)6-9)14(22)20-12-2-1-5-18-13(12)21-8-17-7-19-21/h1-8H,(H,20,22). The van der Waals surface area contributed by atoms with E-state index in [1.807, 2.05) is 0 Å². The van der Waals surface area contributed by atoms with E-state index in [4.69, 9.17) is 0 Å². The van der Waals surface area contributed by atoms with Crippen molar-refractivity contribution in [3.05, 3.63) is 65.0 Å². The van der Waals surface area contributed by atoms with Gasteiger partial charge in [-0.3, -0.25) is 4.79 Å². The molecule has 0 aliphatic carbocycles. The summed E-state index contributed by atoms with van der Waals surface area (Å²) < 4.78 is 15.8. The molecule has 3 aromatic rings. The summed E-state index contributed by atoms with van der Waals surface area (Å²) in [6, 6.07) is 7.54. The average Bonchev–Trinajstić information content (AvgIpc) is 3.01. The Kier molecular flexibility index (Phi) is 3.92. The lowest BCUT2D eigenvalue weighted by Crippen LogP contribution is -2.16. The van der Waals surface area contributed by atoms with E-state index in [-0.39, 0.29) is 5.56 Å². The summed E-state index contributed by atoms with van der Waals surface area (Å²) in [7, 11) is 0. The van der Waals surface area contributed by atoms with Crippen LogP contribution in [0, 0.1) is 5.82 Å². The van der Waals surface area contributed by atoms with Crippen LogP contribution in [0.1, 0.15) is 10.4 Å². The molecule has 3 rings (SSSR count). The number of carbonyl (C=O) groups is 1. The number of aromatic nitrogens is 4. The van der Waals surface area contributed by atoms with Gasteiger partial charge < -0.3 is 5.32 Å². The maximum absolute atomic E-state index is 13.8. The molecule has 0 spiro atoms. The molecule has 0 aliphatic heterocycles. The van der Waals surface area contributed by atoms with Gasteiger partial charge in [0.15, 0.2) is 5.82 Å². The number of anilines is 1. The van der Waals surface area contributed by atoms with Crippen molar-refractivity contribution in [3.8, 4) is 5.82 Å². The van der Waals surface area contributed by atoms with Crippen LogP contribution in [-0.4, -0.2) is 25.7 Å². The first-order chi connectivity index (χ1) is 10.6. The molecule has 2 aromatic heterocycles. The zero-order valence-electron chi connectivity index (χ0n) is 11.1. The molecule has 1 amide bonds. The third-order valence-corrected chi connectivity index (χ3v) is 3.34. The Hall–Kier alpha value is -2.61. The number of hydrogen-bond acceptors (Lipinski definition) is 4. The molecule has 2 heterocycles. The summed E-state index contributed by atoms with van der Waals surface area (Å²) in [5.74, 6) is -0.789. The molecule has 0 radical (unpaired) electrons. The molecule has 0 bridgehead atoms. The van der Waals surface area contributed by atoms with E-state index < -0.39 is 11.7 Å². The average molecular weight is 362 g/mol. The molecule has 0 fully saturated rings. The molecule has 1 aromatic carbocycles. The minimum absolute atomic E-state index is 0.0587. The number of nitrogens with zero attached hydrogens (tertiary/aromatic N) is 4. The van der Waals surface area contributed by atoms with Gasteiger partial charge in [-0.15, -0.1) is 0 Å². The van der Waals surface area contributed by atoms with Gasteiger partial charge in [0.05, 0.1) is 11.3 Å². The van der Waals surface area contributed by atoms with Gasteiger partial charge in [0.2, 0.25) is 0 Å². The topological polar surface area (TPSA) is 72.7 Å². The largest absolute Gasteiger partial charge is 0.319 e. The maximum atomic E-state index is 13.8. The molecule has 6 nitrogen and oxygen atoms in total. The van der Waals surface area contributed by atoms with Crippen molar-refractivity contribution in [2.45, 2.75) is 0 Å². The molecule has 1 N–H and O–H groups in total. The van der Waals surface area contributed by atoms with Crippen LogP contribution in [-0.2, 0) is 0 Å². The zero-order valence-corrected chi connectivity index (χ0v) is 12.7. The molecule has 22 heavy (non-hydrogen) atoms. The molecular formula is C14H9BrFN5O. The Balaban J connectivity index is 1.92. The van der Waals surface area contributed by atoms with Crippen molar-refractivity contribution in [2.75, 3.05) is 5.32 Å². The second kappa shape index (κ2) is 6.02. The van der Waals surface area contributed by atoms with Crippen molar-refractivity contribution >= 4 is 27.5 Å². The van der Waals surface area contributed by atoms with Gasteiger partial charge in [0.1, 0.15) is 18.5 Å². The van der Waals surface area contributed by atoms with Gasteiger partial charge in [0, 0.05) is 10.7 Å². The van der Waals surface area contributed by atoms with Crippen LogP contribution >= 0.6 is 15.9 Å². The highest BCUT2D eigenvalue weighted by Gasteiger charge is 2.15. The lowest BCUT2D eigenvalue weighted by atomic mass is 10.2. The maximum Gasteiger partial charge on any atom is 0.258 e. The lowest BCUT2D eigenvalue weighted by molar-refractivity contribution is 0.102. The van der Waals surface area contributed by atoms with E-state index in [9.17, 15) is 9.18 Å². The van der Waals surface area contributed by atoms with Crippen LogP contribution in [0.25, 0.3) is 5.82 Å². The fourth-order valence-electron chi connectivity index (χ4n) is 1.86. The van der Waals surface area contributed by atoms with Gasteiger partial charge >= 0.3 is 0 Å². The molecule has 0 saturated carbocycles. The molecule has 110 valence electrons. The molecule has 8 heteroatoms. The van der Waals surface area contributed by atoms with Crippen molar-refractivity contribution in [3.63, 3.8) is 0 Å². The first kappa shape index (κ1) is 14.3. The van der Waals surface area contributed by atoms with E-state index in [1.54, 1.807) is 24.4 Å². The summed E-state index contributed by atoms with van der Waals surface area (Å²) in [5.41, 5.74) is 0.344. The van der Waals surface area contributed by atoms with Gasteiger partial charge in [-0.25, -0.2) is 19.0 Å². The van der Waals surface area contributed by atoms with E-state index in [0.29, 0.717) is 16.0 Å². The first-order valence-corrected chi connectivity index (χ1v) is 7.01. The number of hydrogen-bond donors (Lipinski definition) is 1. The summed E-state index contributed by atoms with van der Waals surface area (Å²) in [6.45, 7) is 0. The highest BCUT2D eigenvalue weighted by molar-refractivity contribution is 9.10. The zero-order chi connectivity index (χ0) is 15.5. The highest BCUT2D eigenvalue weighted by atomic mass is 79.9. The van der Waals surface area contributed by atoms with Crippen LogP contribution in [0.2, 0.25) is 0 Å². The fraction of sp³-hybridized carbons (Fsp3) is 0. The lowest BCUT2D eigenvalue weighted by Gasteiger charge is -2.10. The first-order valence-electron chi connectivity index (χ1n) is 6.21. The summed E-state index contributed by atoms with van der Waals surface area (Å²) in [6.07, 6.45) is 4.37. The van der Waals surface area contributed by atoms with Crippen LogP contribution in [0.3, 0.4) is 0 Å². The number of amides is 1. The third-order valence-electron chi connectivity index (χ3n) is 2.85.